The van der Waals surface area contributed by atoms with Crippen LogP contribution in [0.2, 0.25) is 0 Å². The molecule has 0 spiro atoms. The van der Waals surface area contributed by atoms with Crippen molar-refractivity contribution in [3.05, 3.63) is 30.1 Å². The normalized spacial score (nSPS) is 11.5. The minimum atomic E-state index is -0.999. The Kier molecular flexibility index (Phi) is 5.64. The lowest BCUT2D eigenvalue weighted by atomic mass is 10.0. The number of hydrogen-bond acceptors (Lipinski definition) is 3. The van der Waals surface area contributed by atoms with Crippen molar-refractivity contribution >= 4 is 23.6 Å². The molecule has 1 atom stereocenters. The van der Waals surface area contributed by atoms with Crippen molar-refractivity contribution in [1.29, 1.82) is 0 Å². The van der Waals surface area contributed by atoms with Crippen molar-refractivity contribution in [3.8, 4) is 0 Å². The molecule has 0 heterocycles. The summed E-state index contributed by atoms with van der Waals surface area (Å²) in [4.78, 5) is 33.4. The molecule has 1 rings (SSSR count). The largest absolute Gasteiger partial charge is 0.481 e. The number of carbonyl (C=O) groups is 3. The molecule has 1 unspecified atom stereocenters. The van der Waals surface area contributed by atoms with Crippen LogP contribution >= 0.6 is 0 Å². The van der Waals surface area contributed by atoms with Gasteiger partial charge in [-0.25, -0.2) is 9.18 Å². The zero-order valence-corrected chi connectivity index (χ0v) is 10.9. The van der Waals surface area contributed by atoms with E-state index in [1.807, 2.05) is 0 Å². The molecule has 3 amide bonds. The molecule has 0 aromatic heterocycles. The van der Waals surface area contributed by atoms with Crippen LogP contribution in [0.1, 0.15) is 19.8 Å². The number of benzene rings is 1. The van der Waals surface area contributed by atoms with Crippen LogP contribution in [0.5, 0.6) is 0 Å². The lowest BCUT2D eigenvalue weighted by Gasteiger charge is -2.09. The summed E-state index contributed by atoms with van der Waals surface area (Å²) in [5.41, 5.74) is 0.343. The molecule has 0 fully saturated rings. The fourth-order valence-corrected chi connectivity index (χ4v) is 1.56. The summed E-state index contributed by atoms with van der Waals surface area (Å²) in [6, 6.07) is 4.31. The van der Waals surface area contributed by atoms with Crippen molar-refractivity contribution in [2.24, 2.45) is 5.92 Å². The Morgan fingerprint density at radius 3 is 2.35 bits per heavy atom. The van der Waals surface area contributed by atoms with E-state index in [-0.39, 0.29) is 18.8 Å². The number of nitrogens with one attached hydrogen (secondary N) is 2. The summed E-state index contributed by atoms with van der Waals surface area (Å²) in [7, 11) is 0. The molecule has 20 heavy (non-hydrogen) atoms. The van der Waals surface area contributed by atoms with E-state index in [1.165, 1.54) is 24.3 Å². The van der Waals surface area contributed by atoms with E-state index >= 15 is 0 Å². The molecule has 0 aliphatic heterocycles. The molecule has 0 aliphatic carbocycles. The molecule has 7 heteroatoms. The Balaban J connectivity index is 2.40. The molecule has 3 N–H and O–H groups in total. The van der Waals surface area contributed by atoms with Crippen molar-refractivity contribution < 1.29 is 23.9 Å². The summed E-state index contributed by atoms with van der Waals surface area (Å²) in [6.07, 6.45) is -0.212. The monoisotopic (exact) mass is 282 g/mol. The Morgan fingerprint density at radius 2 is 1.80 bits per heavy atom. The minimum Gasteiger partial charge on any atom is -0.481 e. The van der Waals surface area contributed by atoms with Crippen LogP contribution in [0.4, 0.5) is 14.9 Å². The lowest BCUT2D eigenvalue weighted by molar-refractivity contribution is -0.138. The Hall–Kier alpha value is -2.44. The number of imide groups is 1. The van der Waals surface area contributed by atoms with Crippen molar-refractivity contribution in [2.45, 2.75) is 19.8 Å². The number of urea groups is 1. The van der Waals surface area contributed by atoms with Gasteiger partial charge in [0.15, 0.2) is 0 Å². The number of halogens is 1. The quantitative estimate of drug-likeness (QED) is 0.769. The predicted octanol–water partition coefficient (Wildman–Crippen LogP) is 1.97. The minimum absolute atomic E-state index is 0.0663. The second kappa shape index (κ2) is 7.22. The number of carboxylic acid groups (broad SMARTS) is 1. The predicted molar refractivity (Wildman–Crippen MR) is 69.6 cm³/mol. The van der Waals surface area contributed by atoms with Gasteiger partial charge in [-0.2, -0.15) is 0 Å². The highest BCUT2D eigenvalue weighted by Gasteiger charge is 2.14. The number of aliphatic carboxylic acids is 1. The molecule has 0 aliphatic rings. The molecule has 6 nitrogen and oxygen atoms in total. The Bertz CT molecular complexity index is 502. The zero-order valence-electron chi connectivity index (χ0n) is 10.9. The van der Waals surface area contributed by atoms with Crippen LogP contribution in [-0.4, -0.2) is 23.0 Å². The van der Waals surface area contributed by atoms with E-state index in [0.717, 1.165) is 0 Å². The molecule has 0 saturated carbocycles. The first-order chi connectivity index (χ1) is 9.36. The van der Waals surface area contributed by atoms with Gasteiger partial charge >= 0.3 is 12.0 Å². The van der Waals surface area contributed by atoms with Crippen LogP contribution < -0.4 is 10.6 Å². The highest BCUT2D eigenvalue weighted by molar-refractivity contribution is 6.01. The second-order valence-electron chi connectivity index (χ2n) is 4.42. The van der Waals surface area contributed by atoms with Crippen molar-refractivity contribution in [1.82, 2.24) is 5.32 Å². The van der Waals surface area contributed by atoms with Gasteiger partial charge in [0.1, 0.15) is 5.82 Å². The lowest BCUT2D eigenvalue weighted by Crippen LogP contribution is -2.35. The fraction of sp³-hybridized carbons (Fsp3) is 0.308. The SMILES string of the molecule is CC(CC(=O)O)CC(=O)NC(=O)Nc1ccc(F)cc1. The number of amides is 3. The van der Waals surface area contributed by atoms with E-state index in [0.29, 0.717) is 5.69 Å². The third-order valence-electron chi connectivity index (χ3n) is 2.41. The molecular weight excluding hydrogens is 267 g/mol. The third-order valence-corrected chi connectivity index (χ3v) is 2.41. The van der Waals surface area contributed by atoms with Gasteiger partial charge in [0.2, 0.25) is 5.91 Å². The van der Waals surface area contributed by atoms with Gasteiger partial charge in [-0.05, 0) is 30.2 Å². The van der Waals surface area contributed by atoms with Crippen molar-refractivity contribution in [3.63, 3.8) is 0 Å². The van der Waals surface area contributed by atoms with Crippen LogP contribution in [0.3, 0.4) is 0 Å². The van der Waals surface area contributed by atoms with Gasteiger partial charge in [-0.3, -0.25) is 14.9 Å². The van der Waals surface area contributed by atoms with E-state index in [9.17, 15) is 18.8 Å². The second-order valence-corrected chi connectivity index (χ2v) is 4.42. The van der Waals surface area contributed by atoms with E-state index < -0.39 is 23.7 Å². The third kappa shape index (κ3) is 5.94. The first-order valence-corrected chi connectivity index (χ1v) is 5.95. The number of anilines is 1. The Labute approximate surface area is 115 Å². The topological polar surface area (TPSA) is 95.5 Å². The maximum Gasteiger partial charge on any atom is 0.325 e. The van der Waals surface area contributed by atoms with Gasteiger partial charge in [0.05, 0.1) is 0 Å². The summed E-state index contributed by atoms with van der Waals surface area (Å²) in [5.74, 6) is -2.37. The number of carbonyl (C=O) groups excluding carboxylic acids is 2. The summed E-state index contributed by atoms with van der Waals surface area (Å²) >= 11 is 0. The molecule has 0 radical (unpaired) electrons. The molecule has 108 valence electrons. The van der Waals surface area contributed by atoms with E-state index in [2.05, 4.69) is 10.6 Å². The van der Waals surface area contributed by atoms with E-state index in [4.69, 9.17) is 5.11 Å². The summed E-state index contributed by atoms with van der Waals surface area (Å²) < 4.78 is 12.7. The standard InChI is InChI=1S/C13H15FN2O4/c1-8(7-12(18)19)6-11(17)16-13(20)15-10-4-2-9(14)3-5-10/h2-5,8H,6-7H2,1H3,(H,18,19)(H2,15,16,17,20). The van der Waals surface area contributed by atoms with Gasteiger partial charge in [0, 0.05) is 18.5 Å². The number of carboxylic acids is 1. The average Bonchev–Trinajstić information content (AvgIpc) is 2.30. The van der Waals surface area contributed by atoms with Crippen LogP contribution in [0.15, 0.2) is 24.3 Å². The van der Waals surface area contributed by atoms with Crippen LogP contribution in [0, 0.1) is 11.7 Å². The van der Waals surface area contributed by atoms with Gasteiger partial charge < -0.3 is 10.4 Å². The fourth-order valence-electron chi connectivity index (χ4n) is 1.56. The maximum atomic E-state index is 12.7. The summed E-state index contributed by atoms with van der Waals surface area (Å²) in [6.45, 7) is 1.60. The Morgan fingerprint density at radius 1 is 1.20 bits per heavy atom. The first-order valence-electron chi connectivity index (χ1n) is 5.95. The molecule has 0 bridgehead atoms. The molecule has 1 aromatic carbocycles. The van der Waals surface area contributed by atoms with Crippen molar-refractivity contribution in [2.75, 3.05) is 5.32 Å². The smallest absolute Gasteiger partial charge is 0.325 e. The molecule has 1 aromatic rings. The van der Waals surface area contributed by atoms with E-state index in [1.54, 1.807) is 6.92 Å². The zero-order chi connectivity index (χ0) is 15.1. The highest BCUT2D eigenvalue weighted by Crippen LogP contribution is 2.09. The van der Waals surface area contributed by atoms with Gasteiger partial charge in [-0.1, -0.05) is 6.92 Å². The van der Waals surface area contributed by atoms with Crippen LogP contribution in [0.25, 0.3) is 0 Å². The number of hydrogen-bond donors (Lipinski definition) is 3. The summed E-state index contributed by atoms with van der Waals surface area (Å²) in [5, 5.41) is 13.0. The highest BCUT2D eigenvalue weighted by atomic mass is 19.1. The van der Waals surface area contributed by atoms with Gasteiger partial charge in [-0.15, -0.1) is 0 Å². The number of rotatable bonds is 5. The average molecular weight is 282 g/mol. The van der Waals surface area contributed by atoms with Crippen LogP contribution in [-0.2, 0) is 9.59 Å². The molecule has 0 saturated heterocycles. The maximum absolute atomic E-state index is 12.7. The molecular formula is C13H15FN2O4. The van der Waals surface area contributed by atoms with Gasteiger partial charge in [0.25, 0.3) is 0 Å². The first kappa shape index (κ1) is 15.6.